The third-order valence-corrected chi connectivity index (χ3v) is 4.49. The molecule has 2 nitrogen and oxygen atoms in total. The van der Waals surface area contributed by atoms with E-state index in [0.717, 1.165) is 19.7 Å². The van der Waals surface area contributed by atoms with E-state index >= 15 is 0 Å². The van der Waals surface area contributed by atoms with Gasteiger partial charge in [0.1, 0.15) is 0 Å². The van der Waals surface area contributed by atoms with E-state index in [0.29, 0.717) is 0 Å². The highest BCUT2D eigenvalue weighted by Gasteiger charge is 1.98. The van der Waals surface area contributed by atoms with Crippen LogP contribution in [0.25, 0.3) is 0 Å². The van der Waals surface area contributed by atoms with Crippen LogP contribution < -0.4 is 5.32 Å². The Bertz CT molecular complexity index is 439. The number of rotatable bonds is 7. The first-order chi connectivity index (χ1) is 8.88. The van der Waals surface area contributed by atoms with E-state index in [2.05, 4.69) is 47.1 Å². The van der Waals surface area contributed by atoms with Crippen molar-refractivity contribution in [1.29, 1.82) is 0 Å². The van der Waals surface area contributed by atoms with Gasteiger partial charge in [0.15, 0.2) is 0 Å². The smallest absolute Gasteiger partial charge is 0.0646 e. The van der Waals surface area contributed by atoms with Gasteiger partial charge in [0.25, 0.3) is 0 Å². The molecular formula is C14H17NOS2. The molecule has 96 valence electrons. The standard InChI is InChI=1S/C14H17NOS2/c1-16-9-8-15-11-12-4-6-13(7-5-12)18-14-3-2-10-17-14/h2-7,10,15H,8-9,11H2,1H3. The maximum Gasteiger partial charge on any atom is 0.0646 e. The molecule has 0 radical (unpaired) electrons. The number of thiophene rings is 1. The maximum atomic E-state index is 4.99. The average Bonchev–Trinajstić information content (AvgIpc) is 2.89. The monoisotopic (exact) mass is 279 g/mol. The molecule has 1 N–H and O–H groups in total. The predicted molar refractivity (Wildman–Crippen MR) is 78.5 cm³/mol. The summed E-state index contributed by atoms with van der Waals surface area (Å²) in [6, 6.07) is 12.9. The van der Waals surface area contributed by atoms with E-state index in [1.807, 2.05) is 11.8 Å². The minimum atomic E-state index is 0.756. The van der Waals surface area contributed by atoms with Gasteiger partial charge in [0.2, 0.25) is 0 Å². The lowest BCUT2D eigenvalue weighted by Gasteiger charge is -2.05. The zero-order valence-corrected chi connectivity index (χ0v) is 12.0. The van der Waals surface area contributed by atoms with Crippen molar-refractivity contribution in [2.75, 3.05) is 20.3 Å². The highest BCUT2D eigenvalue weighted by atomic mass is 32.2. The summed E-state index contributed by atoms with van der Waals surface area (Å²) in [6.07, 6.45) is 0. The molecule has 0 aliphatic carbocycles. The second-order valence-electron chi connectivity index (χ2n) is 3.85. The summed E-state index contributed by atoms with van der Waals surface area (Å²) in [4.78, 5) is 1.29. The SMILES string of the molecule is COCCNCc1ccc(Sc2cccs2)cc1. The number of hydrogen-bond acceptors (Lipinski definition) is 4. The van der Waals surface area contributed by atoms with Crippen molar-refractivity contribution in [2.45, 2.75) is 15.6 Å². The number of nitrogens with one attached hydrogen (secondary N) is 1. The summed E-state index contributed by atoms with van der Waals surface area (Å²) in [5.74, 6) is 0. The molecule has 0 atom stereocenters. The van der Waals surface area contributed by atoms with Gasteiger partial charge in [0, 0.05) is 25.1 Å². The maximum absolute atomic E-state index is 4.99. The number of ether oxygens (including phenoxy) is 1. The van der Waals surface area contributed by atoms with Crippen molar-refractivity contribution in [3.05, 3.63) is 47.3 Å². The van der Waals surface area contributed by atoms with Gasteiger partial charge >= 0.3 is 0 Å². The molecule has 1 heterocycles. The first kappa shape index (κ1) is 13.6. The van der Waals surface area contributed by atoms with Crippen LogP contribution in [0.1, 0.15) is 5.56 Å². The van der Waals surface area contributed by atoms with Gasteiger partial charge in [-0.2, -0.15) is 0 Å². The third kappa shape index (κ3) is 4.46. The lowest BCUT2D eigenvalue weighted by molar-refractivity contribution is 0.199. The van der Waals surface area contributed by atoms with Crippen molar-refractivity contribution in [3.8, 4) is 0 Å². The van der Waals surface area contributed by atoms with Crippen LogP contribution in [0.15, 0.2) is 50.9 Å². The van der Waals surface area contributed by atoms with Gasteiger partial charge in [-0.1, -0.05) is 30.0 Å². The van der Waals surface area contributed by atoms with Crippen molar-refractivity contribution in [1.82, 2.24) is 5.32 Å². The Morgan fingerprint density at radius 3 is 2.72 bits per heavy atom. The van der Waals surface area contributed by atoms with E-state index in [1.165, 1.54) is 14.7 Å². The van der Waals surface area contributed by atoms with E-state index < -0.39 is 0 Å². The highest BCUT2D eigenvalue weighted by Crippen LogP contribution is 2.31. The predicted octanol–water partition coefficient (Wildman–Crippen LogP) is 3.64. The zero-order valence-electron chi connectivity index (χ0n) is 10.4. The van der Waals surface area contributed by atoms with Crippen LogP contribution in [-0.4, -0.2) is 20.3 Å². The molecule has 0 bridgehead atoms. The first-order valence-corrected chi connectivity index (χ1v) is 7.58. The Balaban J connectivity index is 1.82. The molecular weight excluding hydrogens is 262 g/mol. The lowest BCUT2D eigenvalue weighted by atomic mass is 10.2. The fraction of sp³-hybridized carbons (Fsp3) is 0.286. The normalized spacial score (nSPS) is 10.7. The molecule has 4 heteroatoms. The van der Waals surface area contributed by atoms with Crippen LogP contribution in [0.2, 0.25) is 0 Å². The van der Waals surface area contributed by atoms with Crippen LogP contribution in [-0.2, 0) is 11.3 Å². The minimum absolute atomic E-state index is 0.756. The molecule has 2 aromatic rings. The summed E-state index contributed by atoms with van der Waals surface area (Å²) in [5, 5.41) is 5.45. The van der Waals surface area contributed by atoms with Gasteiger partial charge in [0.05, 0.1) is 10.8 Å². The Hall–Kier alpha value is -0.810. The van der Waals surface area contributed by atoms with Gasteiger partial charge in [-0.25, -0.2) is 0 Å². The second-order valence-corrected chi connectivity index (χ2v) is 6.17. The molecule has 0 aliphatic rings. The van der Waals surface area contributed by atoms with Gasteiger partial charge in [-0.15, -0.1) is 11.3 Å². The summed E-state index contributed by atoms with van der Waals surface area (Å²) < 4.78 is 6.33. The molecule has 0 saturated carbocycles. The summed E-state index contributed by atoms with van der Waals surface area (Å²) in [5.41, 5.74) is 1.31. The second kappa shape index (κ2) is 7.59. The number of hydrogen-bond donors (Lipinski definition) is 1. The van der Waals surface area contributed by atoms with Crippen molar-refractivity contribution in [2.24, 2.45) is 0 Å². The zero-order chi connectivity index (χ0) is 12.6. The molecule has 0 aliphatic heterocycles. The topological polar surface area (TPSA) is 21.3 Å². The van der Waals surface area contributed by atoms with E-state index in [-0.39, 0.29) is 0 Å². The Morgan fingerprint density at radius 1 is 1.22 bits per heavy atom. The van der Waals surface area contributed by atoms with E-state index in [9.17, 15) is 0 Å². The first-order valence-electron chi connectivity index (χ1n) is 5.88. The summed E-state index contributed by atoms with van der Waals surface area (Å²) in [7, 11) is 1.72. The lowest BCUT2D eigenvalue weighted by Crippen LogP contribution is -2.18. The van der Waals surface area contributed by atoms with Gasteiger partial charge in [-0.3, -0.25) is 0 Å². The fourth-order valence-corrected chi connectivity index (χ4v) is 3.27. The summed E-state index contributed by atoms with van der Waals surface area (Å²) in [6.45, 7) is 2.54. The molecule has 0 saturated heterocycles. The Morgan fingerprint density at radius 2 is 2.06 bits per heavy atom. The van der Waals surface area contributed by atoms with Crippen LogP contribution in [0.4, 0.5) is 0 Å². The Kier molecular flexibility index (Phi) is 5.74. The molecule has 2 rings (SSSR count). The van der Waals surface area contributed by atoms with Gasteiger partial charge < -0.3 is 10.1 Å². The molecule has 0 amide bonds. The highest BCUT2D eigenvalue weighted by molar-refractivity contribution is 8.01. The fourth-order valence-electron chi connectivity index (χ4n) is 1.52. The minimum Gasteiger partial charge on any atom is -0.383 e. The molecule has 0 fully saturated rings. The Labute approximate surface area is 116 Å². The van der Waals surface area contributed by atoms with Crippen molar-refractivity contribution in [3.63, 3.8) is 0 Å². The van der Waals surface area contributed by atoms with Crippen LogP contribution in [0.3, 0.4) is 0 Å². The number of benzene rings is 1. The molecule has 1 aromatic heterocycles. The van der Waals surface area contributed by atoms with E-state index in [4.69, 9.17) is 4.74 Å². The molecule has 0 spiro atoms. The quantitative estimate of drug-likeness (QED) is 0.782. The number of methoxy groups -OCH3 is 1. The average molecular weight is 279 g/mol. The van der Waals surface area contributed by atoms with Crippen molar-refractivity contribution >= 4 is 23.1 Å². The third-order valence-electron chi connectivity index (χ3n) is 2.45. The van der Waals surface area contributed by atoms with Crippen LogP contribution in [0.5, 0.6) is 0 Å². The molecule has 0 unspecified atom stereocenters. The van der Waals surface area contributed by atoms with Crippen LogP contribution in [0, 0.1) is 0 Å². The van der Waals surface area contributed by atoms with Crippen LogP contribution >= 0.6 is 23.1 Å². The van der Waals surface area contributed by atoms with E-state index in [1.54, 1.807) is 18.4 Å². The largest absolute Gasteiger partial charge is 0.383 e. The molecule has 18 heavy (non-hydrogen) atoms. The van der Waals surface area contributed by atoms with Crippen molar-refractivity contribution < 1.29 is 4.74 Å². The summed E-state index contributed by atoms with van der Waals surface area (Å²) >= 11 is 3.59. The van der Waals surface area contributed by atoms with Gasteiger partial charge in [-0.05, 0) is 29.1 Å². The molecule has 1 aromatic carbocycles.